The fourth-order valence-electron chi connectivity index (χ4n) is 4.19. The molecule has 6 heteroatoms. The molecule has 1 saturated heterocycles. The van der Waals surface area contributed by atoms with Crippen LogP contribution in [-0.2, 0) is 4.79 Å². The summed E-state index contributed by atoms with van der Waals surface area (Å²) in [7, 11) is 0. The third kappa shape index (κ3) is 4.15. The Bertz CT molecular complexity index is 699. The van der Waals surface area contributed by atoms with Crippen molar-refractivity contribution in [2.75, 3.05) is 19.8 Å². The average Bonchev–Trinajstić information content (AvgIpc) is 2.66. The number of nitriles is 1. The maximum Gasteiger partial charge on any atom is 0.260 e. The van der Waals surface area contributed by atoms with Crippen molar-refractivity contribution in [1.82, 2.24) is 4.90 Å². The first-order valence-electron chi connectivity index (χ1n) is 9.42. The van der Waals surface area contributed by atoms with Crippen LogP contribution in [0.15, 0.2) is 16.6 Å². The number of piperidine rings is 1. The van der Waals surface area contributed by atoms with Crippen LogP contribution in [-0.4, -0.2) is 36.6 Å². The highest BCUT2D eigenvalue weighted by molar-refractivity contribution is 9.10. The van der Waals surface area contributed by atoms with E-state index in [4.69, 9.17) is 14.7 Å². The minimum atomic E-state index is -0.00616. The molecule has 0 bridgehead atoms. The summed E-state index contributed by atoms with van der Waals surface area (Å²) in [6, 6.07) is 5.81. The first-order valence-corrected chi connectivity index (χ1v) is 10.2. The molecule has 26 heavy (non-hydrogen) atoms. The summed E-state index contributed by atoms with van der Waals surface area (Å²) >= 11 is 3.43. The van der Waals surface area contributed by atoms with E-state index in [0.29, 0.717) is 40.1 Å². The molecule has 1 aliphatic heterocycles. The van der Waals surface area contributed by atoms with Crippen molar-refractivity contribution in [3.63, 3.8) is 0 Å². The monoisotopic (exact) mass is 420 g/mol. The summed E-state index contributed by atoms with van der Waals surface area (Å²) in [5.74, 6) is 1.67. The second-order valence-electron chi connectivity index (χ2n) is 6.96. The number of hydrogen-bond acceptors (Lipinski definition) is 4. The van der Waals surface area contributed by atoms with E-state index >= 15 is 0 Å². The van der Waals surface area contributed by atoms with Crippen molar-refractivity contribution in [3.8, 4) is 17.6 Å². The van der Waals surface area contributed by atoms with Crippen molar-refractivity contribution >= 4 is 21.8 Å². The lowest BCUT2D eigenvalue weighted by Crippen LogP contribution is -2.51. The Labute approximate surface area is 163 Å². The highest BCUT2D eigenvalue weighted by atomic mass is 79.9. The van der Waals surface area contributed by atoms with Gasteiger partial charge in [-0.1, -0.05) is 12.8 Å². The van der Waals surface area contributed by atoms with Crippen LogP contribution < -0.4 is 9.47 Å². The average molecular weight is 421 g/mol. The van der Waals surface area contributed by atoms with Gasteiger partial charge in [-0.3, -0.25) is 4.79 Å². The van der Waals surface area contributed by atoms with E-state index in [0.717, 1.165) is 19.4 Å². The van der Waals surface area contributed by atoms with Crippen molar-refractivity contribution in [1.29, 1.82) is 5.26 Å². The van der Waals surface area contributed by atoms with Crippen LogP contribution in [0, 0.1) is 17.2 Å². The Balaban J connectivity index is 1.70. The fraction of sp³-hybridized carbons (Fsp3) is 0.600. The molecule has 1 aromatic carbocycles. The lowest BCUT2D eigenvalue weighted by atomic mass is 9.78. The van der Waals surface area contributed by atoms with Crippen molar-refractivity contribution in [2.24, 2.45) is 5.92 Å². The Morgan fingerprint density at radius 1 is 1.27 bits per heavy atom. The maximum atomic E-state index is 12.8. The van der Waals surface area contributed by atoms with Gasteiger partial charge in [0.25, 0.3) is 5.91 Å². The lowest BCUT2D eigenvalue weighted by molar-refractivity contribution is -0.139. The molecule has 3 rings (SSSR count). The van der Waals surface area contributed by atoms with Gasteiger partial charge in [-0.15, -0.1) is 0 Å². The molecule has 2 atom stereocenters. The fourth-order valence-corrected chi connectivity index (χ4v) is 4.74. The maximum absolute atomic E-state index is 12.8. The number of ether oxygens (including phenoxy) is 2. The van der Waals surface area contributed by atoms with Crippen LogP contribution >= 0.6 is 15.9 Å². The number of benzene rings is 1. The lowest BCUT2D eigenvalue weighted by Gasteiger charge is -2.44. The first-order chi connectivity index (χ1) is 12.6. The molecular formula is C20H25BrN2O3. The van der Waals surface area contributed by atoms with Crippen molar-refractivity contribution in [3.05, 3.63) is 22.2 Å². The number of carbonyl (C=O) groups excluding carboxylic acids is 1. The van der Waals surface area contributed by atoms with E-state index in [1.54, 1.807) is 12.1 Å². The largest absolute Gasteiger partial charge is 0.490 e. The standard InChI is InChI=1S/C20H25BrN2O3/c1-2-25-18-11-14(12-22)10-16(21)20(18)26-13-19(24)23-9-5-7-15-6-3-4-8-17(15)23/h10-11,15,17H,2-9,13H2,1H3/t15-,17+/m0/s1. The minimum Gasteiger partial charge on any atom is -0.490 e. The number of carbonyl (C=O) groups is 1. The molecule has 0 aromatic heterocycles. The molecule has 1 amide bonds. The predicted octanol–water partition coefficient (Wildman–Crippen LogP) is 4.28. The molecule has 0 unspecified atom stereocenters. The predicted molar refractivity (Wildman–Crippen MR) is 102 cm³/mol. The second-order valence-corrected chi connectivity index (χ2v) is 7.81. The summed E-state index contributed by atoms with van der Waals surface area (Å²) in [5, 5.41) is 9.12. The smallest absolute Gasteiger partial charge is 0.260 e. The van der Waals surface area contributed by atoms with Gasteiger partial charge in [0.15, 0.2) is 18.1 Å². The first kappa shape index (κ1) is 19.0. The summed E-state index contributed by atoms with van der Waals surface area (Å²) in [5.41, 5.74) is 0.486. The SMILES string of the molecule is CCOc1cc(C#N)cc(Br)c1OCC(=O)N1CCC[C@@H]2CCCC[C@H]21. The molecule has 0 N–H and O–H groups in total. The second kappa shape index (κ2) is 8.77. The zero-order valence-electron chi connectivity index (χ0n) is 15.2. The third-order valence-electron chi connectivity index (χ3n) is 5.34. The normalized spacial score (nSPS) is 22.3. The molecule has 1 saturated carbocycles. The molecule has 0 spiro atoms. The molecular weight excluding hydrogens is 396 g/mol. The van der Waals surface area contributed by atoms with E-state index < -0.39 is 0 Å². The highest BCUT2D eigenvalue weighted by Crippen LogP contribution is 2.38. The molecule has 1 aliphatic carbocycles. The molecule has 2 fully saturated rings. The molecule has 1 aromatic rings. The van der Waals surface area contributed by atoms with Gasteiger partial charge < -0.3 is 14.4 Å². The van der Waals surface area contributed by atoms with E-state index in [1.807, 2.05) is 11.8 Å². The summed E-state index contributed by atoms with van der Waals surface area (Å²) in [6.45, 7) is 3.16. The quantitative estimate of drug-likeness (QED) is 0.712. The van der Waals surface area contributed by atoms with Gasteiger partial charge in [0, 0.05) is 18.7 Å². The number of likely N-dealkylation sites (tertiary alicyclic amines) is 1. The summed E-state index contributed by atoms with van der Waals surface area (Å²) < 4.78 is 12.1. The zero-order chi connectivity index (χ0) is 18.5. The van der Waals surface area contributed by atoms with Gasteiger partial charge in [0.1, 0.15) is 0 Å². The van der Waals surface area contributed by atoms with Gasteiger partial charge >= 0.3 is 0 Å². The number of rotatable bonds is 5. The topological polar surface area (TPSA) is 62.6 Å². The van der Waals surface area contributed by atoms with Crippen LogP contribution in [0.1, 0.15) is 51.0 Å². The van der Waals surface area contributed by atoms with Crippen molar-refractivity contribution in [2.45, 2.75) is 51.5 Å². The Morgan fingerprint density at radius 3 is 2.81 bits per heavy atom. The highest BCUT2D eigenvalue weighted by Gasteiger charge is 2.35. The Morgan fingerprint density at radius 2 is 2.04 bits per heavy atom. The van der Waals surface area contributed by atoms with E-state index in [9.17, 15) is 4.79 Å². The number of hydrogen-bond donors (Lipinski definition) is 0. The summed E-state index contributed by atoms with van der Waals surface area (Å²) in [4.78, 5) is 14.9. The van der Waals surface area contributed by atoms with Crippen LogP contribution in [0.3, 0.4) is 0 Å². The van der Waals surface area contributed by atoms with Crippen LogP contribution in [0.4, 0.5) is 0 Å². The summed E-state index contributed by atoms with van der Waals surface area (Å²) in [6.07, 6.45) is 7.17. The number of fused-ring (bicyclic) bond motifs is 1. The van der Waals surface area contributed by atoms with E-state index in [2.05, 4.69) is 22.0 Å². The Hall–Kier alpha value is -1.74. The molecule has 2 aliphatic rings. The van der Waals surface area contributed by atoms with Crippen LogP contribution in [0.5, 0.6) is 11.5 Å². The van der Waals surface area contributed by atoms with E-state index in [1.165, 1.54) is 25.7 Å². The minimum absolute atomic E-state index is 0.00616. The van der Waals surface area contributed by atoms with E-state index in [-0.39, 0.29) is 12.5 Å². The third-order valence-corrected chi connectivity index (χ3v) is 5.93. The zero-order valence-corrected chi connectivity index (χ0v) is 16.8. The molecule has 1 heterocycles. The Kier molecular flexibility index (Phi) is 6.42. The number of amides is 1. The van der Waals surface area contributed by atoms with Gasteiger partial charge in [0.2, 0.25) is 0 Å². The van der Waals surface area contributed by atoms with Crippen LogP contribution in [0.2, 0.25) is 0 Å². The van der Waals surface area contributed by atoms with Gasteiger partial charge in [-0.05, 0) is 60.5 Å². The molecule has 5 nitrogen and oxygen atoms in total. The van der Waals surface area contributed by atoms with Gasteiger partial charge in [-0.2, -0.15) is 5.26 Å². The molecule has 140 valence electrons. The van der Waals surface area contributed by atoms with Gasteiger partial charge in [-0.25, -0.2) is 0 Å². The van der Waals surface area contributed by atoms with Gasteiger partial charge in [0.05, 0.1) is 22.7 Å². The number of nitrogens with zero attached hydrogens (tertiary/aromatic N) is 2. The number of halogens is 1. The van der Waals surface area contributed by atoms with Crippen LogP contribution in [0.25, 0.3) is 0 Å². The molecule has 0 radical (unpaired) electrons. The van der Waals surface area contributed by atoms with Crippen molar-refractivity contribution < 1.29 is 14.3 Å².